The van der Waals surface area contributed by atoms with Crippen LogP contribution in [0.5, 0.6) is 0 Å². The number of carbonyl (C=O) groups excluding carboxylic acids is 1. The van der Waals surface area contributed by atoms with Gasteiger partial charge in [-0.1, -0.05) is 61.5 Å². The third-order valence-electron chi connectivity index (χ3n) is 4.03. The average Bonchev–Trinajstić information content (AvgIpc) is 2.71. The number of benzene rings is 2. The van der Waals surface area contributed by atoms with Crippen molar-refractivity contribution in [1.82, 2.24) is 15.5 Å². The average molecular weight is 412 g/mol. The van der Waals surface area contributed by atoms with Crippen LogP contribution >= 0.6 is 23.4 Å². The minimum absolute atomic E-state index is 0.0346. The van der Waals surface area contributed by atoms with Crippen LogP contribution < -0.4 is 5.32 Å². The summed E-state index contributed by atoms with van der Waals surface area (Å²) in [5.41, 5.74) is 3.55. The van der Waals surface area contributed by atoms with Crippen LogP contribution in [-0.2, 0) is 5.75 Å². The largest absolute Gasteiger partial charge is 0.352 e. The van der Waals surface area contributed by atoms with E-state index in [9.17, 15) is 4.79 Å². The second kappa shape index (κ2) is 9.71. The monoisotopic (exact) mass is 411 g/mol. The fourth-order valence-electron chi connectivity index (χ4n) is 2.53. The lowest BCUT2D eigenvalue weighted by molar-refractivity contribution is 0.0949. The van der Waals surface area contributed by atoms with E-state index >= 15 is 0 Å². The zero-order chi connectivity index (χ0) is 19.9. The Hall–Kier alpha value is -2.37. The van der Waals surface area contributed by atoms with Gasteiger partial charge in [0.15, 0.2) is 0 Å². The lowest BCUT2D eigenvalue weighted by Gasteiger charge is -2.09. The summed E-state index contributed by atoms with van der Waals surface area (Å²) >= 11 is 7.51. The molecule has 1 aromatic heterocycles. The van der Waals surface area contributed by atoms with Crippen molar-refractivity contribution >= 4 is 29.3 Å². The number of halogens is 1. The van der Waals surface area contributed by atoms with Crippen LogP contribution in [0.15, 0.2) is 65.7 Å². The van der Waals surface area contributed by atoms with Crippen molar-refractivity contribution in [3.63, 3.8) is 0 Å². The highest BCUT2D eigenvalue weighted by Crippen LogP contribution is 2.24. The van der Waals surface area contributed by atoms with Gasteiger partial charge >= 0.3 is 0 Å². The molecule has 0 radical (unpaired) electrons. The lowest BCUT2D eigenvalue weighted by Crippen LogP contribution is -2.27. The Morgan fingerprint density at radius 3 is 2.54 bits per heavy atom. The van der Waals surface area contributed by atoms with E-state index in [4.69, 9.17) is 11.6 Å². The number of hydrogen-bond donors (Lipinski definition) is 1. The third kappa shape index (κ3) is 5.81. The molecule has 0 unspecified atom stereocenters. The van der Waals surface area contributed by atoms with Gasteiger partial charge in [-0.2, -0.15) is 0 Å². The molecule has 0 saturated heterocycles. The van der Waals surface area contributed by atoms with E-state index < -0.39 is 0 Å². The molecule has 0 bridgehead atoms. The van der Waals surface area contributed by atoms with Crippen molar-refractivity contribution in [2.45, 2.75) is 24.6 Å². The Labute approximate surface area is 174 Å². The molecule has 1 heterocycles. The third-order valence-corrected chi connectivity index (χ3v) is 5.27. The zero-order valence-corrected chi connectivity index (χ0v) is 17.4. The van der Waals surface area contributed by atoms with Crippen molar-refractivity contribution in [2.75, 3.05) is 6.54 Å². The molecule has 144 valence electrons. The molecule has 3 aromatic rings. The molecule has 0 fully saturated rings. The second-order valence-electron chi connectivity index (χ2n) is 6.86. The van der Waals surface area contributed by atoms with Gasteiger partial charge in [-0.3, -0.25) is 4.79 Å². The van der Waals surface area contributed by atoms with Crippen LogP contribution in [0, 0.1) is 5.92 Å². The lowest BCUT2D eigenvalue weighted by atomic mass is 10.1. The second-order valence-corrected chi connectivity index (χ2v) is 8.29. The quantitative estimate of drug-likeness (QED) is 0.523. The standard InChI is InChI=1S/C22H22ClN3OS/c1-15(2)13-24-22(27)18-5-3-4-16(12-18)14-28-21-11-10-20(25-26-21)17-6-8-19(23)9-7-17/h3-12,15H,13-14H2,1-2H3,(H,24,27). The molecule has 28 heavy (non-hydrogen) atoms. The number of carbonyl (C=O) groups is 1. The van der Waals surface area contributed by atoms with E-state index in [1.54, 1.807) is 11.8 Å². The SMILES string of the molecule is CC(C)CNC(=O)c1cccc(CSc2ccc(-c3ccc(Cl)cc3)nn2)c1. The molecule has 3 rings (SSSR count). The van der Waals surface area contributed by atoms with E-state index in [2.05, 4.69) is 29.4 Å². The van der Waals surface area contributed by atoms with Crippen LogP contribution in [0.4, 0.5) is 0 Å². The predicted molar refractivity (Wildman–Crippen MR) is 116 cm³/mol. The topological polar surface area (TPSA) is 54.9 Å². The van der Waals surface area contributed by atoms with Crippen LogP contribution in [-0.4, -0.2) is 22.6 Å². The maximum Gasteiger partial charge on any atom is 0.251 e. The normalized spacial score (nSPS) is 10.9. The number of hydrogen-bond acceptors (Lipinski definition) is 4. The Morgan fingerprint density at radius 1 is 1.07 bits per heavy atom. The van der Waals surface area contributed by atoms with Crippen LogP contribution in [0.3, 0.4) is 0 Å². The Bertz CT molecular complexity index is 927. The summed E-state index contributed by atoms with van der Waals surface area (Å²) in [5.74, 6) is 1.12. The van der Waals surface area contributed by atoms with Crippen molar-refractivity contribution in [2.24, 2.45) is 5.92 Å². The smallest absolute Gasteiger partial charge is 0.251 e. The first kappa shape index (κ1) is 20.4. The van der Waals surface area contributed by atoms with Crippen molar-refractivity contribution in [1.29, 1.82) is 0 Å². The molecule has 4 nitrogen and oxygen atoms in total. The van der Waals surface area contributed by atoms with Gasteiger partial charge in [0.1, 0.15) is 5.03 Å². The number of amides is 1. The number of nitrogens with zero attached hydrogens (tertiary/aromatic N) is 2. The number of aromatic nitrogens is 2. The maximum atomic E-state index is 12.2. The Morgan fingerprint density at radius 2 is 1.86 bits per heavy atom. The molecule has 0 aliphatic carbocycles. The van der Waals surface area contributed by atoms with E-state index in [-0.39, 0.29) is 5.91 Å². The molecule has 1 N–H and O–H groups in total. The Kier molecular flexibility index (Phi) is 7.06. The van der Waals surface area contributed by atoms with E-state index in [0.717, 1.165) is 27.6 Å². The van der Waals surface area contributed by atoms with Gasteiger partial charge in [-0.25, -0.2) is 0 Å². The van der Waals surface area contributed by atoms with Gasteiger partial charge in [-0.05, 0) is 47.9 Å². The van der Waals surface area contributed by atoms with Gasteiger partial charge < -0.3 is 5.32 Å². The maximum absolute atomic E-state index is 12.2. The molecule has 1 amide bonds. The predicted octanol–water partition coefficient (Wildman–Crippen LogP) is 5.48. The summed E-state index contributed by atoms with van der Waals surface area (Å²) in [5, 5.41) is 13.1. The van der Waals surface area contributed by atoms with Gasteiger partial charge in [0.05, 0.1) is 5.69 Å². The number of thioether (sulfide) groups is 1. The highest BCUT2D eigenvalue weighted by atomic mass is 35.5. The summed E-state index contributed by atoms with van der Waals surface area (Å²) in [6, 6.07) is 19.1. The molecule has 0 saturated carbocycles. The molecule has 2 aromatic carbocycles. The van der Waals surface area contributed by atoms with Crippen molar-refractivity contribution < 1.29 is 4.79 Å². The van der Waals surface area contributed by atoms with E-state index in [0.29, 0.717) is 23.0 Å². The molecule has 0 spiro atoms. The van der Waals surface area contributed by atoms with Gasteiger partial charge in [0.2, 0.25) is 0 Å². The number of nitrogens with one attached hydrogen (secondary N) is 1. The summed E-state index contributed by atoms with van der Waals surface area (Å²) < 4.78 is 0. The number of rotatable bonds is 7. The Balaban J connectivity index is 1.60. The summed E-state index contributed by atoms with van der Waals surface area (Å²) in [7, 11) is 0. The zero-order valence-electron chi connectivity index (χ0n) is 15.9. The highest BCUT2D eigenvalue weighted by Gasteiger charge is 2.08. The molecule has 0 atom stereocenters. The molecular formula is C22H22ClN3OS. The van der Waals surface area contributed by atoms with Crippen LogP contribution in [0.2, 0.25) is 5.02 Å². The molecule has 6 heteroatoms. The summed E-state index contributed by atoms with van der Waals surface area (Å²) in [4.78, 5) is 12.2. The van der Waals surface area contributed by atoms with Crippen LogP contribution in [0.1, 0.15) is 29.8 Å². The first-order valence-electron chi connectivity index (χ1n) is 9.11. The molecule has 0 aliphatic rings. The van der Waals surface area contributed by atoms with Gasteiger partial charge in [0, 0.05) is 28.4 Å². The minimum atomic E-state index is -0.0346. The summed E-state index contributed by atoms with van der Waals surface area (Å²) in [6.07, 6.45) is 0. The molecular weight excluding hydrogens is 390 g/mol. The van der Waals surface area contributed by atoms with Gasteiger partial charge in [0.25, 0.3) is 5.91 Å². The molecule has 0 aliphatic heterocycles. The first-order valence-corrected chi connectivity index (χ1v) is 10.5. The van der Waals surface area contributed by atoms with E-state index in [1.165, 1.54) is 0 Å². The summed E-state index contributed by atoms with van der Waals surface area (Å²) in [6.45, 7) is 4.83. The van der Waals surface area contributed by atoms with E-state index in [1.807, 2.05) is 60.7 Å². The minimum Gasteiger partial charge on any atom is -0.352 e. The van der Waals surface area contributed by atoms with Crippen LogP contribution in [0.25, 0.3) is 11.3 Å². The fourth-order valence-corrected chi connectivity index (χ4v) is 3.41. The van der Waals surface area contributed by atoms with Gasteiger partial charge in [-0.15, -0.1) is 10.2 Å². The fraction of sp³-hybridized carbons (Fsp3) is 0.227. The van der Waals surface area contributed by atoms with Crippen molar-refractivity contribution in [3.05, 3.63) is 76.8 Å². The first-order chi connectivity index (χ1) is 13.5. The highest BCUT2D eigenvalue weighted by molar-refractivity contribution is 7.98. The van der Waals surface area contributed by atoms with Crippen molar-refractivity contribution in [3.8, 4) is 11.3 Å².